The quantitative estimate of drug-likeness (QED) is 0.566. The minimum Gasteiger partial charge on any atom is -0.350 e. The van der Waals surface area contributed by atoms with Crippen molar-refractivity contribution >= 4 is 16.7 Å². The summed E-state index contributed by atoms with van der Waals surface area (Å²) in [4.78, 5) is 12.4. The van der Waals surface area contributed by atoms with E-state index in [1.165, 1.54) is 6.07 Å². The summed E-state index contributed by atoms with van der Waals surface area (Å²) < 4.78 is 47.0. The molecule has 0 bridgehead atoms. The first-order valence-electron chi connectivity index (χ1n) is 9.66. The van der Waals surface area contributed by atoms with Gasteiger partial charge in [0.1, 0.15) is 0 Å². The Kier molecular flexibility index (Phi) is 5.07. The normalized spacial score (nSPS) is 12.3. The largest absolute Gasteiger partial charge is 0.416 e. The van der Waals surface area contributed by atoms with Gasteiger partial charge in [-0.1, -0.05) is 37.2 Å². The summed E-state index contributed by atoms with van der Waals surface area (Å²) in [7, 11) is 0. The lowest BCUT2D eigenvalue weighted by Gasteiger charge is -2.14. The van der Waals surface area contributed by atoms with Crippen LogP contribution in [0.4, 0.5) is 13.2 Å². The molecule has 1 amide bonds. The zero-order chi connectivity index (χ0) is 21.3. The standard InChI is InChI=1S/C23H22F3NO/c1-4-15-7-11-19(16-5-9-18(10-6-16)23(24,25)26)20-12-8-17(13-21(15)20)22(28)27-14(2)3/h5-14H,4H2,1-3H3,(H,27,28)/i5D. The van der Waals surface area contributed by atoms with E-state index in [1.54, 1.807) is 12.1 Å². The molecule has 0 aromatic heterocycles. The van der Waals surface area contributed by atoms with Crippen molar-refractivity contribution < 1.29 is 19.3 Å². The molecule has 0 heterocycles. The molecular weight excluding hydrogens is 363 g/mol. The molecule has 0 atom stereocenters. The molecule has 3 aromatic rings. The maximum atomic E-state index is 12.9. The molecule has 0 aliphatic rings. The fourth-order valence-electron chi connectivity index (χ4n) is 3.21. The number of aryl methyl sites for hydroxylation is 1. The van der Waals surface area contributed by atoms with Crippen molar-refractivity contribution in [3.05, 3.63) is 71.3 Å². The van der Waals surface area contributed by atoms with Crippen molar-refractivity contribution in [3.63, 3.8) is 0 Å². The van der Waals surface area contributed by atoms with E-state index in [-0.39, 0.29) is 18.0 Å². The molecule has 0 radical (unpaired) electrons. The first-order valence-corrected chi connectivity index (χ1v) is 9.16. The Morgan fingerprint density at radius 3 is 2.43 bits per heavy atom. The predicted octanol–water partition coefficient (Wildman–Crippen LogP) is 6.23. The summed E-state index contributed by atoms with van der Waals surface area (Å²) in [6.45, 7) is 5.77. The highest BCUT2D eigenvalue weighted by atomic mass is 19.4. The van der Waals surface area contributed by atoms with Crippen molar-refractivity contribution in [2.75, 3.05) is 0 Å². The van der Waals surface area contributed by atoms with Crippen LogP contribution in [0.2, 0.25) is 0 Å². The SMILES string of the molecule is [2H]c1cc(C(F)(F)F)ccc1-c1ccc(CC)c2cc(C(=O)NC(C)C)ccc12. The van der Waals surface area contributed by atoms with Gasteiger partial charge in [-0.3, -0.25) is 4.79 Å². The van der Waals surface area contributed by atoms with Crippen molar-refractivity contribution in [3.8, 4) is 11.1 Å². The van der Waals surface area contributed by atoms with E-state index >= 15 is 0 Å². The average molecular weight is 386 g/mol. The Morgan fingerprint density at radius 2 is 1.82 bits per heavy atom. The number of rotatable bonds is 4. The number of carbonyl (C=O) groups excluding carboxylic acids is 1. The highest BCUT2D eigenvalue weighted by molar-refractivity contribution is 6.04. The monoisotopic (exact) mass is 386 g/mol. The first-order chi connectivity index (χ1) is 13.6. The highest BCUT2D eigenvalue weighted by Gasteiger charge is 2.30. The molecule has 0 unspecified atom stereocenters. The Balaban J connectivity index is 2.16. The van der Waals surface area contributed by atoms with Gasteiger partial charge in [0.25, 0.3) is 5.91 Å². The maximum Gasteiger partial charge on any atom is 0.416 e. The van der Waals surface area contributed by atoms with Gasteiger partial charge >= 0.3 is 6.18 Å². The zero-order valence-electron chi connectivity index (χ0n) is 16.9. The molecule has 28 heavy (non-hydrogen) atoms. The summed E-state index contributed by atoms with van der Waals surface area (Å²) in [5, 5.41) is 4.53. The number of carbonyl (C=O) groups is 1. The lowest BCUT2D eigenvalue weighted by Crippen LogP contribution is -2.30. The van der Waals surface area contributed by atoms with E-state index < -0.39 is 11.7 Å². The van der Waals surface area contributed by atoms with E-state index in [9.17, 15) is 18.0 Å². The average Bonchev–Trinajstić information content (AvgIpc) is 2.65. The van der Waals surface area contributed by atoms with Gasteiger partial charge in [-0.2, -0.15) is 13.2 Å². The number of benzene rings is 3. The van der Waals surface area contributed by atoms with Crippen LogP contribution >= 0.6 is 0 Å². The molecule has 0 saturated heterocycles. The second-order valence-electron chi connectivity index (χ2n) is 7.00. The van der Waals surface area contributed by atoms with Gasteiger partial charge in [0.05, 0.1) is 6.93 Å². The molecule has 3 aromatic carbocycles. The number of alkyl halides is 3. The Bertz CT molecular complexity index is 1070. The molecule has 3 rings (SSSR count). The highest BCUT2D eigenvalue weighted by Crippen LogP contribution is 2.35. The third-order valence-corrected chi connectivity index (χ3v) is 4.60. The fourth-order valence-corrected chi connectivity index (χ4v) is 3.21. The molecule has 0 spiro atoms. The molecule has 0 saturated carbocycles. The number of amides is 1. The second-order valence-corrected chi connectivity index (χ2v) is 7.00. The number of nitrogens with one attached hydrogen (secondary N) is 1. The van der Waals surface area contributed by atoms with Gasteiger partial charge in [0, 0.05) is 11.6 Å². The van der Waals surface area contributed by atoms with Crippen LogP contribution in [-0.4, -0.2) is 11.9 Å². The lowest BCUT2D eigenvalue weighted by molar-refractivity contribution is -0.137. The van der Waals surface area contributed by atoms with E-state index in [2.05, 4.69) is 5.32 Å². The van der Waals surface area contributed by atoms with Crippen molar-refractivity contribution in [2.45, 2.75) is 39.4 Å². The minimum absolute atomic E-state index is 0.00759. The van der Waals surface area contributed by atoms with E-state index in [1.807, 2.05) is 39.0 Å². The topological polar surface area (TPSA) is 29.1 Å². The number of hydrogen-bond donors (Lipinski definition) is 1. The van der Waals surface area contributed by atoms with Crippen LogP contribution in [-0.2, 0) is 12.6 Å². The van der Waals surface area contributed by atoms with Gasteiger partial charge in [-0.25, -0.2) is 0 Å². The van der Waals surface area contributed by atoms with E-state index in [4.69, 9.17) is 1.37 Å². The number of fused-ring (bicyclic) bond motifs is 1. The summed E-state index contributed by atoms with van der Waals surface area (Å²) in [6, 6.07) is 12.0. The van der Waals surface area contributed by atoms with Crippen LogP contribution in [0.5, 0.6) is 0 Å². The van der Waals surface area contributed by atoms with E-state index in [0.29, 0.717) is 16.7 Å². The third-order valence-electron chi connectivity index (χ3n) is 4.60. The molecule has 2 nitrogen and oxygen atoms in total. The van der Waals surface area contributed by atoms with Gasteiger partial charge in [-0.05, 0) is 72.0 Å². The van der Waals surface area contributed by atoms with Crippen LogP contribution in [0.15, 0.2) is 54.6 Å². The molecule has 5 heteroatoms. The second kappa shape index (κ2) is 7.66. The van der Waals surface area contributed by atoms with Crippen LogP contribution in [0.1, 0.15) is 43.6 Å². The predicted molar refractivity (Wildman–Crippen MR) is 106 cm³/mol. The summed E-state index contributed by atoms with van der Waals surface area (Å²) in [5.74, 6) is -0.176. The van der Waals surface area contributed by atoms with Crippen LogP contribution < -0.4 is 5.32 Å². The zero-order valence-corrected chi connectivity index (χ0v) is 15.9. The van der Waals surface area contributed by atoms with Crippen molar-refractivity contribution in [1.29, 1.82) is 0 Å². The minimum atomic E-state index is -4.48. The number of hydrogen-bond acceptors (Lipinski definition) is 1. The van der Waals surface area contributed by atoms with Gasteiger partial charge < -0.3 is 5.32 Å². The molecule has 0 fully saturated rings. The third kappa shape index (κ3) is 4.03. The van der Waals surface area contributed by atoms with Crippen LogP contribution in [0.3, 0.4) is 0 Å². The molecular formula is C23H22F3NO. The summed E-state index contributed by atoms with van der Waals surface area (Å²) in [6.07, 6.45) is -3.74. The molecule has 146 valence electrons. The van der Waals surface area contributed by atoms with Crippen LogP contribution in [0.25, 0.3) is 21.9 Å². The van der Waals surface area contributed by atoms with Gasteiger partial charge in [-0.15, -0.1) is 0 Å². The maximum absolute atomic E-state index is 12.9. The van der Waals surface area contributed by atoms with Crippen molar-refractivity contribution in [2.24, 2.45) is 0 Å². The van der Waals surface area contributed by atoms with Crippen molar-refractivity contribution in [1.82, 2.24) is 5.32 Å². The summed E-state index contributed by atoms with van der Waals surface area (Å²) >= 11 is 0. The Hall–Kier alpha value is -2.82. The smallest absolute Gasteiger partial charge is 0.350 e. The van der Waals surface area contributed by atoms with Gasteiger partial charge in [0.2, 0.25) is 0 Å². The van der Waals surface area contributed by atoms with Gasteiger partial charge in [0.15, 0.2) is 0 Å². The fraction of sp³-hybridized carbons (Fsp3) is 0.261. The molecule has 1 N–H and O–H groups in total. The Labute approximate surface area is 163 Å². The Morgan fingerprint density at radius 1 is 1.07 bits per heavy atom. The molecule has 0 aliphatic carbocycles. The van der Waals surface area contributed by atoms with E-state index in [0.717, 1.165) is 34.9 Å². The van der Waals surface area contributed by atoms with Crippen LogP contribution in [0, 0.1) is 0 Å². The summed E-state index contributed by atoms with van der Waals surface area (Å²) in [5.41, 5.74) is 1.81. The lowest BCUT2D eigenvalue weighted by atomic mass is 9.92. The molecule has 0 aliphatic heterocycles. The number of halogens is 3. The first kappa shape index (κ1) is 18.5.